The molecule has 3 heteroatoms. The van der Waals surface area contributed by atoms with E-state index in [-0.39, 0.29) is 24.1 Å². The van der Waals surface area contributed by atoms with E-state index in [0.29, 0.717) is 19.4 Å². The van der Waals surface area contributed by atoms with Crippen molar-refractivity contribution in [2.24, 2.45) is 5.92 Å². The van der Waals surface area contributed by atoms with Crippen LogP contribution in [0.25, 0.3) is 0 Å². The average molecular weight is 186 g/mol. The van der Waals surface area contributed by atoms with E-state index in [4.69, 9.17) is 4.74 Å². The fraction of sp³-hybridized carbons (Fsp3) is 0.800. The van der Waals surface area contributed by atoms with Crippen molar-refractivity contribution in [3.05, 3.63) is 0 Å². The summed E-state index contributed by atoms with van der Waals surface area (Å²) < 4.78 is 4.78. The van der Waals surface area contributed by atoms with Crippen molar-refractivity contribution in [1.82, 2.24) is 0 Å². The van der Waals surface area contributed by atoms with Gasteiger partial charge in [-0.15, -0.1) is 0 Å². The first-order valence-corrected chi connectivity index (χ1v) is 4.83. The van der Waals surface area contributed by atoms with Crippen molar-refractivity contribution in [3.8, 4) is 0 Å². The summed E-state index contributed by atoms with van der Waals surface area (Å²) in [5.41, 5.74) is 0. The first-order valence-electron chi connectivity index (χ1n) is 4.83. The van der Waals surface area contributed by atoms with Crippen LogP contribution in [0.4, 0.5) is 0 Å². The van der Waals surface area contributed by atoms with Gasteiger partial charge in [0.25, 0.3) is 0 Å². The monoisotopic (exact) mass is 186 g/mol. The van der Waals surface area contributed by atoms with Gasteiger partial charge >= 0.3 is 5.97 Å². The number of ketones is 1. The van der Waals surface area contributed by atoms with Gasteiger partial charge in [-0.05, 0) is 13.3 Å². The maximum atomic E-state index is 11.3. The lowest BCUT2D eigenvalue weighted by Crippen LogP contribution is -2.18. The van der Waals surface area contributed by atoms with Gasteiger partial charge in [-0.1, -0.05) is 13.8 Å². The molecule has 0 aromatic heterocycles. The highest BCUT2D eigenvalue weighted by Gasteiger charge is 2.18. The molecule has 0 rings (SSSR count). The van der Waals surface area contributed by atoms with Crippen LogP contribution >= 0.6 is 0 Å². The lowest BCUT2D eigenvalue weighted by molar-refractivity contribution is -0.146. The minimum Gasteiger partial charge on any atom is -0.466 e. The largest absolute Gasteiger partial charge is 0.466 e. The van der Waals surface area contributed by atoms with Crippen molar-refractivity contribution < 1.29 is 14.3 Å². The summed E-state index contributed by atoms with van der Waals surface area (Å²) in [4.78, 5) is 22.3. The minimum atomic E-state index is -0.267. The van der Waals surface area contributed by atoms with Crippen LogP contribution < -0.4 is 0 Å². The lowest BCUT2D eigenvalue weighted by atomic mass is 9.96. The Morgan fingerprint density at radius 3 is 2.23 bits per heavy atom. The van der Waals surface area contributed by atoms with Gasteiger partial charge in [-0.2, -0.15) is 0 Å². The molecule has 0 aromatic carbocycles. The van der Waals surface area contributed by atoms with Crippen molar-refractivity contribution >= 4 is 11.8 Å². The highest BCUT2D eigenvalue weighted by molar-refractivity contribution is 5.85. The summed E-state index contributed by atoms with van der Waals surface area (Å²) >= 11 is 0. The molecule has 0 aliphatic rings. The molecule has 0 saturated heterocycles. The Balaban J connectivity index is 3.97. The van der Waals surface area contributed by atoms with Gasteiger partial charge in [0.1, 0.15) is 5.78 Å². The third-order valence-corrected chi connectivity index (χ3v) is 2.01. The molecule has 0 radical (unpaired) electrons. The van der Waals surface area contributed by atoms with Gasteiger partial charge in [0, 0.05) is 12.3 Å². The number of esters is 1. The molecule has 0 amide bonds. The highest BCUT2D eigenvalue weighted by Crippen LogP contribution is 2.12. The smallest absolute Gasteiger partial charge is 0.306 e. The minimum absolute atomic E-state index is 0.149. The molecular weight excluding hydrogens is 168 g/mol. The Bertz CT molecular complexity index is 175. The number of carbonyl (C=O) groups is 2. The summed E-state index contributed by atoms with van der Waals surface area (Å²) in [6.07, 6.45) is 1.44. The second-order valence-corrected chi connectivity index (χ2v) is 2.93. The van der Waals surface area contributed by atoms with E-state index < -0.39 is 0 Å². The summed E-state index contributed by atoms with van der Waals surface area (Å²) in [5.74, 6) is -0.268. The summed E-state index contributed by atoms with van der Waals surface area (Å²) in [7, 11) is 0. The molecule has 13 heavy (non-hydrogen) atoms. The molecule has 0 fully saturated rings. The third kappa shape index (κ3) is 4.65. The van der Waals surface area contributed by atoms with Crippen molar-refractivity contribution in [2.45, 2.75) is 40.0 Å². The topological polar surface area (TPSA) is 43.4 Å². The van der Waals surface area contributed by atoms with E-state index in [1.807, 2.05) is 13.8 Å². The van der Waals surface area contributed by atoms with E-state index in [9.17, 15) is 9.59 Å². The number of rotatable bonds is 6. The maximum Gasteiger partial charge on any atom is 0.306 e. The second kappa shape index (κ2) is 6.63. The average Bonchev–Trinajstić information content (AvgIpc) is 2.13. The van der Waals surface area contributed by atoms with Crippen LogP contribution in [0, 0.1) is 5.92 Å². The number of hydrogen-bond donors (Lipinski definition) is 0. The summed E-state index contributed by atoms with van der Waals surface area (Å²) in [6.45, 7) is 5.88. The molecular formula is C10H18O3. The number of hydrogen-bond acceptors (Lipinski definition) is 3. The summed E-state index contributed by atoms with van der Waals surface area (Å²) in [6, 6.07) is 0. The SMILES string of the molecule is CCOC(=O)CC(CC)C(=O)CC. The molecule has 1 atom stereocenters. The van der Waals surface area contributed by atoms with Crippen LogP contribution in [0.1, 0.15) is 40.0 Å². The van der Waals surface area contributed by atoms with Crippen molar-refractivity contribution in [3.63, 3.8) is 0 Å². The first-order chi connectivity index (χ1) is 6.15. The molecule has 0 aliphatic carbocycles. The van der Waals surface area contributed by atoms with Gasteiger partial charge in [0.15, 0.2) is 0 Å². The van der Waals surface area contributed by atoms with E-state index in [1.54, 1.807) is 6.92 Å². The van der Waals surface area contributed by atoms with Crippen LogP contribution in [0.2, 0.25) is 0 Å². The van der Waals surface area contributed by atoms with Crippen LogP contribution in [-0.2, 0) is 14.3 Å². The van der Waals surface area contributed by atoms with E-state index in [0.717, 1.165) is 0 Å². The van der Waals surface area contributed by atoms with E-state index >= 15 is 0 Å². The first kappa shape index (κ1) is 12.1. The highest BCUT2D eigenvalue weighted by atomic mass is 16.5. The Hall–Kier alpha value is -0.860. The fourth-order valence-electron chi connectivity index (χ4n) is 1.20. The molecule has 76 valence electrons. The van der Waals surface area contributed by atoms with Crippen molar-refractivity contribution in [1.29, 1.82) is 0 Å². The Labute approximate surface area is 79.5 Å². The predicted octanol–water partition coefficient (Wildman–Crippen LogP) is 1.94. The molecule has 0 N–H and O–H groups in total. The van der Waals surface area contributed by atoms with Crippen molar-refractivity contribution in [2.75, 3.05) is 6.61 Å². The molecule has 0 aromatic rings. The molecule has 1 unspecified atom stereocenters. The number of carbonyl (C=O) groups excluding carboxylic acids is 2. The molecule has 0 saturated carbocycles. The van der Waals surface area contributed by atoms with E-state index in [1.165, 1.54) is 0 Å². The van der Waals surface area contributed by atoms with Crippen LogP contribution in [0.3, 0.4) is 0 Å². The molecule has 0 aliphatic heterocycles. The molecule has 3 nitrogen and oxygen atoms in total. The lowest BCUT2D eigenvalue weighted by Gasteiger charge is -2.10. The van der Waals surface area contributed by atoms with Gasteiger partial charge in [0.05, 0.1) is 13.0 Å². The Morgan fingerprint density at radius 2 is 1.85 bits per heavy atom. The van der Waals surface area contributed by atoms with Gasteiger partial charge in [-0.25, -0.2) is 0 Å². The normalized spacial score (nSPS) is 12.2. The molecule has 0 spiro atoms. The van der Waals surface area contributed by atoms with Gasteiger partial charge in [-0.3, -0.25) is 9.59 Å². The fourth-order valence-corrected chi connectivity index (χ4v) is 1.20. The van der Waals surface area contributed by atoms with Crippen LogP contribution in [-0.4, -0.2) is 18.4 Å². The zero-order valence-electron chi connectivity index (χ0n) is 8.63. The quantitative estimate of drug-likeness (QED) is 0.595. The second-order valence-electron chi connectivity index (χ2n) is 2.93. The number of Topliss-reactive ketones (excluding diaryl/α,β-unsaturated/α-hetero) is 1. The summed E-state index contributed by atoms with van der Waals surface area (Å²) in [5, 5.41) is 0. The van der Waals surface area contributed by atoms with Crippen LogP contribution in [0.5, 0.6) is 0 Å². The molecule has 0 heterocycles. The Morgan fingerprint density at radius 1 is 1.23 bits per heavy atom. The zero-order valence-corrected chi connectivity index (χ0v) is 8.63. The third-order valence-electron chi connectivity index (χ3n) is 2.01. The van der Waals surface area contributed by atoms with Gasteiger partial charge < -0.3 is 4.74 Å². The van der Waals surface area contributed by atoms with Gasteiger partial charge in [0.2, 0.25) is 0 Å². The molecule has 0 bridgehead atoms. The Kier molecular flexibility index (Phi) is 6.20. The van der Waals surface area contributed by atoms with Crippen LogP contribution in [0.15, 0.2) is 0 Å². The van der Waals surface area contributed by atoms with E-state index in [2.05, 4.69) is 0 Å². The zero-order chi connectivity index (χ0) is 10.3. The predicted molar refractivity (Wildman–Crippen MR) is 50.3 cm³/mol. The maximum absolute atomic E-state index is 11.3. The number of ether oxygens (including phenoxy) is 1. The standard InChI is InChI=1S/C10H18O3/c1-4-8(9(11)5-2)7-10(12)13-6-3/h8H,4-7H2,1-3H3.